The maximum Gasteiger partial charge on any atom is 0.251 e. The summed E-state index contributed by atoms with van der Waals surface area (Å²) in [6.45, 7) is 5.83. The quantitative estimate of drug-likeness (QED) is 0.692. The van der Waals surface area contributed by atoms with E-state index in [0.717, 1.165) is 11.3 Å². The number of aryl methyl sites for hydroxylation is 1. The van der Waals surface area contributed by atoms with Crippen LogP contribution in [0.4, 0.5) is 0 Å². The van der Waals surface area contributed by atoms with Crippen LogP contribution < -0.4 is 10.1 Å². The summed E-state index contributed by atoms with van der Waals surface area (Å²) in [6, 6.07) is 14.2. The van der Waals surface area contributed by atoms with Crippen molar-refractivity contribution in [1.29, 1.82) is 0 Å². The average molecular weight is 433 g/mol. The molecule has 162 valence electrons. The van der Waals surface area contributed by atoms with Gasteiger partial charge in [-0.25, -0.2) is 8.42 Å². The molecule has 8 heteroatoms. The van der Waals surface area contributed by atoms with Crippen LogP contribution in [0.2, 0.25) is 0 Å². The zero-order valence-electron chi connectivity index (χ0n) is 17.3. The van der Waals surface area contributed by atoms with E-state index in [0.29, 0.717) is 44.0 Å². The molecule has 0 radical (unpaired) electrons. The molecule has 1 heterocycles. The van der Waals surface area contributed by atoms with Gasteiger partial charge in [-0.1, -0.05) is 29.8 Å². The molecule has 2 aromatic rings. The minimum Gasteiger partial charge on any atom is -0.491 e. The zero-order valence-corrected chi connectivity index (χ0v) is 18.2. The topological polar surface area (TPSA) is 84.9 Å². The molecule has 1 saturated heterocycles. The molecule has 1 unspecified atom stereocenters. The molecule has 1 aliphatic rings. The number of rotatable bonds is 8. The maximum atomic E-state index is 12.5. The van der Waals surface area contributed by atoms with Crippen LogP contribution in [0.3, 0.4) is 0 Å². The fourth-order valence-corrected chi connectivity index (χ4v) is 4.59. The number of hydrogen-bond acceptors (Lipinski definition) is 5. The molecule has 0 aliphatic carbocycles. The summed E-state index contributed by atoms with van der Waals surface area (Å²) in [6.07, 6.45) is 0. The Morgan fingerprint density at radius 3 is 2.37 bits per heavy atom. The molecule has 0 saturated carbocycles. The number of carbonyl (C=O) groups is 1. The van der Waals surface area contributed by atoms with Crippen LogP contribution in [0.25, 0.3) is 0 Å². The highest BCUT2D eigenvalue weighted by Crippen LogP contribution is 2.14. The van der Waals surface area contributed by atoms with Crippen LogP contribution in [0.5, 0.6) is 5.75 Å². The maximum absolute atomic E-state index is 12.5. The van der Waals surface area contributed by atoms with Crippen molar-refractivity contribution in [3.05, 3.63) is 65.2 Å². The van der Waals surface area contributed by atoms with Crippen LogP contribution in [0, 0.1) is 6.92 Å². The summed E-state index contributed by atoms with van der Waals surface area (Å²) in [5.41, 5.74) is 2.28. The van der Waals surface area contributed by atoms with Crippen LogP contribution in [-0.4, -0.2) is 57.6 Å². The number of benzene rings is 2. The predicted molar refractivity (Wildman–Crippen MR) is 115 cm³/mol. The van der Waals surface area contributed by atoms with Crippen molar-refractivity contribution in [3.63, 3.8) is 0 Å². The highest BCUT2D eigenvalue weighted by atomic mass is 32.2. The summed E-state index contributed by atoms with van der Waals surface area (Å²) in [7, 11) is -3.39. The standard InChI is InChI=1S/C22H28N2O5S/c1-17-3-9-21(10-4-17)29-15-18(2)23-22(25)20-7-5-19(6-8-20)16-30(26,27)24-11-13-28-14-12-24/h3-10,18H,11-16H2,1-2H3,(H,23,25). The lowest BCUT2D eigenvalue weighted by atomic mass is 10.1. The number of morpholine rings is 1. The molecule has 1 N–H and O–H groups in total. The molecule has 30 heavy (non-hydrogen) atoms. The SMILES string of the molecule is Cc1ccc(OCC(C)NC(=O)c2ccc(CS(=O)(=O)N3CCOCC3)cc2)cc1. The van der Waals surface area contributed by atoms with E-state index in [9.17, 15) is 13.2 Å². The van der Waals surface area contributed by atoms with Crippen molar-refractivity contribution in [2.75, 3.05) is 32.9 Å². The number of ether oxygens (including phenoxy) is 2. The summed E-state index contributed by atoms with van der Waals surface area (Å²) >= 11 is 0. The number of carbonyl (C=O) groups excluding carboxylic acids is 1. The summed E-state index contributed by atoms with van der Waals surface area (Å²) in [4.78, 5) is 12.4. The summed E-state index contributed by atoms with van der Waals surface area (Å²) in [5.74, 6) is 0.445. The van der Waals surface area contributed by atoms with Gasteiger partial charge in [-0.15, -0.1) is 0 Å². The molecule has 7 nitrogen and oxygen atoms in total. The Balaban J connectivity index is 1.51. The molecular weight excluding hydrogens is 404 g/mol. The largest absolute Gasteiger partial charge is 0.491 e. The first kappa shape index (κ1) is 22.3. The summed E-state index contributed by atoms with van der Waals surface area (Å²) in [5, 5.41) is 2.89. The minimum absolute atomic E-state index is 0.0876. The number of sulfonamides is 1. The summed E-state index contributed by atoms with van der Waals surface area (Å²) < 4.78 is 37.4. The molecule has 3 rings (SSSR count). The molecular formula is C22H28N2O5S. The van der Waals surface area contributed by atoms with E-state index in [4.69, 9.17) is 9.47 Å². The van der Waals surface area contributed by atoms with E-state index in [1.165, 1.54) is 4.31 Å². The zero-order chi connectivity index (χ0) is 21.6. The van der Waals surface area contributed by atoms with Crippen LogP contribution in [0.1, 0.15) is 28.4 Å². The van der Waals surface area contributed by atoms with E-state index in [-0.39, 0.29) is 17.7 Å². The van der Waals surface area contributed by atoms with Crippen LogP contribution >= 0.6 is 0 Å². The van der Waals surface area contributed by atoms with Gasteiger partial charge in [-0.3, -0.25) is 4.79 Å². The van der Waals surface area contributed by atoms with Crippen molar-refractivity contribution in [2.24, 2.45) is 0 Å². The van der Waals surface area contributed by atoms with Gasteiger partial charge in [0.2, 0.25) is 10.0 Å². The number of hydrogen-bond donors (Lipinski definition) is 1. The van der Waals surface area contributed by atoms with Gasteiger partial charge in [0.25, 0.3) is 5.91 Å². The lowest BCUT2D eigenvalue weighted by Crippen LogP contribution is -2.41. The Morgan fingerprint density at radius 2 is 1.73 bits per heavy atom. The first-order valence-electron chi connectivity index (χ1n) is 9.98. The third-order valence-electron chi connectivity index (χ3n) is 4.83. The average Bonchev–Trinajstić information content (AvgIpc) is 2.74. The molecule has 0 spiro atoms. The fourth-order valence-electron chi connectivity index (χ4n) is 3.08. The normalized spacial score (nSPS) is 16.1. The van der Waals surface area contributed by atoms with Gasteiger partial charge in [0.1, 0.15) is 12.4 Å². The predicted octanol–water partition coefficient (Wildman–Crippen LogP) is 2.35. The molecule has 0 bridgehead atoms. The van der Waals surface area contributed by atoms with Gasteiger partial charge in [-0.05, 0) is 43.7 Å². The van der Waals surface area contributed by atoms with Crippen molar-refractivity contribution in [3.8, 4) is 5.75 Å². The first-order chi connectivity index (χ1) is 14.3. The second-order valence-electron chi connectivity index (χ2n) is 7.46. The third kappa shape index (κ3) is 6.29. The minimum atomic E-state index is -3.39. The van der Waals surface area contributed by atoms with Gasteiger partial charge in [0.15, 0.2) is 0 Å². The third-order valence-corrected chi connectivity index (χ3v) is 6.68. The van der Waals surface area contributed by atoms with Gasteiger partial charge in [-0.2, -0.15) is 4.31 Å². The van der Waals surface area contributed by atoms with Gasteiger partial charge in [0, 0.05) is 18.7 Å². The van der Waals surface area contributed by atoms with Gasteiger partial charge >= 0.3 is 0 Å². The smallest absolute Gasteiger partial charge is 0.251 e. The van der Waals surface area contributed by atoms with Crippen LogP contribution in [-0.2, 0) is 20.5 Å². The molecule has 2 aromatic carbocycles. The molecule has 0 aromatic heterocycles. The van der Waals surface area contributed by atoms with Crippen molar-refractivity contribution >= 4 is 15.9 Å². The second-order valence-corrected chi connectivity index (χ2v) is 9.43. The number of nitrogens with one attached hydrogen (secondary N) is 1. The highest BCUT2D eigenvalue weighted by Gasteiger charge is 2.24. The van der Waals surface area contributed by atoms with Crippen molar-refractivity contribution in [1.82, 2.24) is 9.62 Å². The van der Waals surface area contributed by atoms with E-state index < -0.39 is 10.0 Å². The molecule has 1 amide bonds. The lowest BCUT2D eigenvalue weighted by Gasteiger charge is -2.26. The van der Waals surface area contributed by atoms with Crippen molar-refractivity contribution < 1.29 is 22.7 Å². The molecule has 1 atom stereocenters. The Labute approximate surface area is 178 Å². The van der Waals surface area contributed by atoms with Gasteiger partial charge < -0.3 is 14.8 Å². The number of nitrogens with zero attached hydrogens (tertiary/aromatic N) is 1. The first-order valence-corrected chi connectivity index (χ1v) is 11.6. The lowest BCUT2D eigenvalue weighted by molar-refractivity contribution is 0.0729. The number of amides is 1. The van der Waals surface area contributed by atoms with E-state index in [1.807, 2.05) is 38.1 Å². The highest BCUT2D eigenvalue weighted by molar-refractivity contribution is 7.88. The Hall–Kier alpha value is -2.42. The van der Waals surface area contributed by atoms with Crippen molar-refractivity contribution in [2.45, 2.75) is 25.6 Å². The van der Waals surface area contributed by atoms with E-state index in [1.54, 1.807) is 24.3 Å². The van der Waals surface area contributed by atoms with Crippen LogP contribution in [0.15, 0.2) is 48.5 Å². The molecule has 1 aliphatic heterocycles. The van der Waals surface area contributed by atoms with E-state index in [2.05, 4.69) is 5.32 Å². The van der Waals surface area contributed by atoms with E-state index >= 15 is 0 Å². The fraction of sp³-hybridized carbons (Fsp3) is 0.409. The second kappa shape index (κ2) is 10.1. The molecule has 1 fully saturated rings. The monoisotopic (exact) mass is 432 g/mol. The Kier molecular flexibility index (Phi) is 7.47. The Bertz CT molecular complexity index is 936. The van der Waals surface area contributed by atoms with Gasteiger partial charge in [0.05, 0.1) is 25.0 Å². The Morgan fingerprint density at radius 1 is 1.10 bits per heavy atom.